The van der Waals surface area contributed by atoms with Crippen molar-refractivity contribution >= 4 is 28.4 Å². The Morgan fingerprint density at radius 1 is 1.12 bits per heavy atom. The highest BCUT2D eigenvalue weighted by Crippen LogP contribution is 2.39. The van der Waals surface area contributed by atoms with E-state index < -0.39 is 0 Å². The van der Waals surface area contributed by atoms with Crippen LogP contribution in [-0.2, 0) is 11.2 Å². The van der Waals surface area contributed by atoms with Crippen LogP contribution >= 0.6 is 0 Å². The van der Waals surface area contributed by atoms with Gasteiger partial charge in [0, 0.05) is 19.5 Å². The smallest absolute Gasteiger partial charge is 0.220 e. The van der Waals surface area contributed by atoms with Crippen molar-refractivity contribution in [2.45, 2.75) is 53.4 Å². The highest BCUT2D eigenvalue weighted by atomic mass is 16.5. The molecular formula is C23H34N6O3. The molecule has 0 spiro atoms. The molecule has 0 atom stereocenters. The second kappa shape index (κ2) is 10.5. The highest BCUT2D eigenvalue weighted by molar-refractivity contribution is 5.90. The standard InChI is InChI=1S/C23H34N6O3/c1-7-16-13-17-19(21(32-6)20(16)31-5)26-22(23-28-27-15(4)29(17)23)25-11-9-8-10-24-18(30)12-14(2)3/h13-14H,7-12H2,1-6H3,(H,24,30)(H,25,26). The average molecular weight is 443 g/mol. The lowest BCUT2D eigenvalue weighted by atomic mass is 10.1. The molecule has 2 N–H and O–H groups in total. The Bertz CT molecular complexity index is 1090. The average Bonchev–Trinajstić information content (AvgIpc) is 3.16. The van der Waals surface area contributed by atoms with E-state index in [0.29, 0.717) is 53.9 Å². The second-order valence-corrected chi connectivity index (χ2v) is 8.27. The lowest BCUT2D eigenvalue weighted by Gasteiger charge is -2.17. The summed E-state index contributed by atoms with van der Waals surface area (Å²) >= 11 is 0. The molecule has 3 rings (SSSR count). The molecule has 3 aromatic rings. The molecule has 32 heavy (non-hydrogen) atoms. The maximum Gasteiger partial charge on any atom is 0.220 e. The van der Waals surface area contributed by atoms with Crippen molar-refractivity contribution in [3.8, 4) is 11.5 Å². The third kappa shape index (κ3) is 4.87. The van der Waals surface area contributed by atoms with Crippen molar-refractivity contribution in [1.29, 1.82) is 0 Å². The maximum absolute atomic E-state index is 11.8. The number of nitrogens with one attached hydrogen (secondary N) is 2. The predicted octanol–water partition coefficient (Wildman–Crippen LogP) is 3.52. The minimum absolute atomic E-state index is 0.109. The van der Waals surface area contributed by atoms with Crippen LogP contribution in [0.25, 0.3) is 16.7 Å². The molecule has 174 valence electrons. The molecule has 0 saturated carbocycles. The van der Waals surface area contributed by atoms with E-state index in [9.17, 15) is 4.79 Å². The molecule has 0 aliphatic carbocycles. The van der Waals surface area contributed by atoms with Gasteiger partial charge in [0.05, 0.1) is 19.7 Å². The molecule has 9 nitrogen and oxygen atoms in total. The number of carbonyl (C=O) groups excluding carboxylic acids is 1. The molecular weight excluding hydrogens is 408 g/mol. The number of anilines is 1. The Morgan fingerprint density at radius 2 is 1.84 bits per heavy atom. The number of unbranched alkanes of at least 4 members (excludes halogenated alkanes) is 1. The molecule has 1 aromatic carbocycles. The van der Waals surface area contributed by atoms with Gasteiger partial charge in [-0.2, -0.15) is 0 Å². The highest BCUT2D eigenvalue weighted by Gasteiger charge is 2.21. The number of carbonyl (C=O) groups is 1. The second-order valence-electron chi connectivity index (χ2n) is 8.27. The van der Waals surface area contributed by atoms with Gasteiger partial charge < -0.3 is 20.1 Å². The van der Waals surface area contributed by atoms with Gasteiger partial charge in [0.15, 0.2) is 17.3 Å². The number of methoxy groups -OCH3 is 2. The molecule has 2 aromatic heterocycles. The third-order valence-corrected chi connectivity index (χ3v) is 5.37. The van der Waals surface area contributed by atoms with Crippen LogP contribution in [0.15, 0.2) is 6.07 Å². The summed E-state index contributed by atoms with van der Waals surface area (Å²) in [6.45, 7) is 9.45. The van der Waals surface area contributed by atoms with Gasteiger partial charge in [0.1, 0.15) is 11.3 Å². The molecule has 0 bridgehead atoms. The largest absolute Gasteiger partial charge is 0.492 e. The molecule has 9 heteroatoms. The first-order chi connectivity index (χ1) is 15.4. The van der Waals surface area contributed by atoms with Crippen molar-refractivity contribution in [3.63, 3.8) is 0 Å². The number of aromatic nitrogens is 4. The number of nitrogens with zero attached hydrogens (tertiary/aromatic N) is 4. The molecule has 0 saturated heterocycles. The quantitative estimate of drug-likeness (QED) is 0.438. The van der Waals surface area contributed by atoms with Gasteiger partial charge in [-0.05, 0) is 43.7 Å². The van der Waals surface area contributed by atoms with E-state index in [1.165, 1.54) is 0 Å². The van der Waals surface area contributed by atoms with Crippen molar-refractivity contribution in [2.75, 3.05) is 32.6 Å². The van der Waals surface area contributed by atoms with Crippen molar-refractivity contribution < 1.29 is 14.3 Å². The van der Waals surface area contributed by atoms with Crippen LogP contribution in [0.1, 0.15) is 51.4 Å². The molecule has 0 radical (unpaired) electrons. The Morgan fingerprint density at radius 3 is 2.50 bits per heavy atom. The maximum atomic E-state index is 11.8. The van der Waals surface area contributed by atoms with Crippen molar-refractivity contribution in [1.82, 2.24) is 24.9 Å². The Balaban J connectivity index is 1.82. The number of ether oxygens (including phenoxy) is 2. The van der Waals surface area contributed by atoms with E-state index in [1.807, 2.05) is 25.2 Å². The summed E-state index contributed by atoms with van der Waals surface area (Å²) in [6, 6.07) is 2.07. The van der Waals surface area contributed by atoms with Gasteiger partial charge in [-0.15, -0.1) is 10.2 Å². The van der Waals surface area contributed by atoms with Crippen LogP contribution in [-0.4, -0.2) is 52.8 Å². The number of hydrogen-bond donors (Lipinski definition) is 2. The number of amides is 1. The van der Waals surface area contributed by atoms with E-state index in [1.54, 1.807) is 14.2 Å². The summed E-state index contributed by atoms with van der Waals surface area (Å²) in [6.07, 6.45) is 3.12. The van der Waals surface area contributed by atoms with Crippen LogP contribution in [0.4, 0.5) is 5.82 Å². The lowest BCUT2D eigenvalue weighted by Crippen LogP contribution is -2.25. The Kier molecular flexibility index (Phi) is 7.71. The van der Waals surface area contributed by atoms with Crippen molar-refractivity contribution in [3.05, 3.63) is 17.5 Å². The van der Waals surface area contributed by atoms with E-state index in [-0.39, 0.29) is 5.91 Å². The number of rotatable bonds is 11. The van der Waals surface area contributed by atoms with Gasteiger partial charge in [-0.3, -0.25) is 9.20 Å². The summed E-state index contributed by atoms with van der Waals surface area (Å²) in [5.74, 6) is 3.20. The molecule has 0 aliphatic heterocycles. The summed E-state index contributed by atoms with van der Waals surface area (Å²) < 4.78 is 13.3. The van der Waals surface area contributed by atoms with Gasteiger partial charge in [-0.25, -0.2) is 4.98 Å². The minimum atomic E-state index is 0.109. The van der Waals surface area contributed by atoms with E-state index in [0.717, 1.165) is 36.2 Å². The van der Waals surface area contributed by atoms with E-state index in [2.05, 4.69) is 33.8 Å². The van der Waals surface area contributed by atoms with Crippen LogP contribution in [0.3, 0.4) is 0 Å². The van der Waals surface area contributed by atoms with E-state index in [4.69, 9.17) is 14.5 Å². The summed E-state index contributed by atoms with van der Waals surface area (Å²) in [7, 11) is 3.27. The zero-order valence-electron chi connectivity index (χ0n) is 19.9. The normalized spacial score (nSPS) is 11.3. The SMILES string of the molecule is CCc1cc2c(nc(NCCCCNC(=O)CC(C)C)c3nnc(C)n32)c(OC)c1OC. The lowest BCUT2D eigenvalue weighted by molar-refractivity contribution is -0.121. The summed E-state index contributed by atoms with van der Waals surface area (Å²) in [5, 5.41) is 15.0. The fourth-order valence-electron chi connectivity index (χ4n) is 3.83. The van der Waals surface area contributed by atoms with Crippen LogP contribution in [0.5, 0.6) is 11.5 Å². The van der Waals surface area contributed by atoms with Gasteiger partial charge in [-0.1, -0.05) is 20.8 Å². The Hall–Kier alpha value is -3.10. The van der Waals surface area contributed by atoms with Crippen molar-refractivity contribution in [2.24, 2.45) is 5.92 Å². The molecule has 2 heterocycles. The first-order valence-electron chi connectivity index (χ1n) is 11.2. The number of hydrogen-bond acceptors (Lipinski definition) is 7. The first kappa shape index (κ1) is 23.6. The van der Waals surface area contributed by atoms with E-state index >= 15 is 0 Å². The van der Waals surface area contributed by atoms with Gasteiger partial charge in [0.2, 0.25) is 11.6 Å². The Labute approximate surface area is 188 Å². The molecule has 0 aliphatic rings. The zero-order valence-corrected chi connectivity index (χ0v) is 19.9. The summed E-state index contributed by atoms with van der Waals surface area (Å²) in [4.78, 5) is 16.6. The molecule has 1 amide bonds. The minimum Gasteiger partial charge on any atom is -0.492 e. The monoisotopic (exact) mass is 442 g/mol. The zero-order chi connectivity index (χ0) is 23.3. The summed E-state index contributed by atoms with van der Waals surface area (Å²) in [5.41, 5.74) is 3.29. The first-order valence-corrected chi connectivity index (χ1v) is 11.2. The molecule has 0 unspecified atom stereocenters. The molecule has 0 fully saturated rings. The predicted molar refractivity (Wildman–Crippen MR) is 126 cm³/mol. The van der Waals surface area contributed by atoms with Crippen LogP contribution < -0.4 is 20.1 Å². The van der Waals surface area contributed by atoms with Crippen LogP contribution in [0.2, 0.25) is 0 Å². The fraction of sp³-hybridized carbons (Fsp3) is 0.565. The van der Waals surface area contributed by atoms with Gasteiger partial charge in [0.25, 0.3) is 0 Å². The fourth-order valence-corrected chi connectivity index (χ4v) is 3.83. The third-order valence-electron chi connectivity index (χ3n) is 5.37. The number of fused-ring (bicyclic) bond motifs is 3. The number of benzene rings is 1. The topological polar surface area (TPSA) is 103 Å². The van der Waals surface area contributed by atoms with Crippen LogP contribution in [0, 0.1) is 12.8 Å². The van der Waals surface area contributed by atoms with Gasteiger partial charge >= 0.3 is 0 Å². The number of aryl methyl sites for hydroxylation is 2.